The van der Waals surface area contributed by atoms with Crippen molar-refractivity contribution in [1.29, 1.82) is 0 Å². The van der Waals surface area contributed by atoms with Crippen molar-refractivity contribution in [2.24, 2.45) is 5.73 Å². The number of benzene rings is 2. The minimum Gasteiger partial charge on any atom is -0.492 e. The molecule has 2 aromatic rings. The number of rotatable bonds is 6. The molecule has 0 saturated carbocycles. The minimum atomic E-state index is 0.565. The lowest BCUT2D eigenvalue weighted by atomic mass is 10.2. The molecule has 2 rings (SSSR count). The summed E-state index contributed by atoms with van der Waals surface area (Å²) in [7, 11) is 0. The highest BCUT2D eigenvalue weighted by molar-refractivity contribution is 5.42. The highest BCUT2D eigenvalue weighted by Gasteiger charge is 1.94. The Hall–Kier alpha value is -2.00. The van der Waals surface area contributed by atoms with E-state index >= 15 is 0 Å². The van der Waals surface area contributed by atoms with Crippen molar-refractivity contribution < 1.29 is 4.74 Å². The minimum absolute atomic E-state index is 0.565. The second kappa shape index (κ2) is 6.67. The van der Waals surface area contributed by atoms with Crippen molar-refractivity contribution in [1.82, 2.24) is 0 Å². The fourth-order valence-corrected chi connectivity index (χ4v) is 1.64. The van der Waals surface area contributed by atoms with E-state index in [1.54, 1.807) is 0 Å². The molecule has 2 aromatic carbocycles. The van der Waals surface area contributed by atoms with Crippen molar-refractivity contribution >= 4 is 5.69 Å². The molecule has 0 saturated heterocycles. The van der Waals surface area contributed by atoms with Gasteiger partial charge in [0.1, 0.15) is 12.4 Å². The summed E-state index contributed by atoms with van der Waals surface area (Å²) in [5.41, 5.74) is 7.76. The van der Waals surface area contributed by atoms with Crippen LogP contribution in [0.4, 0.5) is 5.69 Å². The van der Waals surface area contributed by atoms with Crippen LogP contribution in [0.15, 0.2) is 54.6 Å². The molecule has 0 atom stereocenters. The number of ether oxygens (including phenoxy) is 1. The first kappa shape index (κ1) is 12.5. The first-order valence-corrected chi connectivity index (χ1v) is 6.09. The summed E-state index contributed by atoms with van der Waals surface area (Å²) in [4.78, 5) is 0. The van der Waals surface area contributed by atoms with Gasteiger partial charge in [-0.2, -0.15) is 0 Å². The summed E-state index contributed by atoms with van der Waals surface area (Å²) < 4.78 is 5.62. The van der Waals surface area contributed by atoms with Gasteiger partial charge in [0, 0.05) is 18.8 Å². The number of para-hydroxylation sites is 1. The van der Waals surface area contributed by atoms with E-state index in [9.17, 15) is 0 Å². The third-order valence-corrected chi connectivity index (χ3v) is 2.63. The summed E-state index contributed by atoms with van der Waals surface area (Å²) in [6, 6.07) is 18.0. The molecule has 0 fully saturated rings. The second-order valence-electron chi connectivity index (χ2n) is 3.99. The van der Waals surface area contributed by atoms with E-state index in [1.807, 2.05) is 54.6 Å². The summed E-state index contributed by atoms with van der Waals surface area (Å²) in [6.07, 6.45) is 0. The van der Waals surface area contributed by atoms with Gasteiger partial charge in [0.15, 0.2) is 0 Å². The molecule has 0 heterocycles. The van der Waals surface area contributed by atoms with Gasteiger partial charge in [-0.1, -0.05) is 30.3 Å². The Morgan fingerprint density at radius 3 is 2.33 bits per heavy atom. The van der Waals surface area contributed by atoms with Crippen LogP contribution in [0.1, 0.15) is 5.56 Å². The fraction of sp³-hybridized carbons (Fsp3) is 0.200. The molecule has 3 heteroatoms. The average molecular weight is 242 g/mol. The summed E-state index contributed by atoms with van der Waals surface area (Å²) in [5.74, 6) is 0.877. The van der Waals surface area contributed by atoms with Gasteiger partial charge in [0.05, 0.1) is 0 Å². The molecular formula is C15H18N2O. The molecule has 0 bridgehead atoms. The Morgan fingerprint density at radius 2 is 1.67 bits per heavy atom. The predicted molar refractivity (Wildman–Crippen MR) is 74.8 cm³/mol. The Labute approximate surface area is 108 Å². The van der Waals surface area contributed by atoms with Gasteiger partial charge in [-0.15, -0.1) is 0 Å². The third-order valence-electron chi connectivity index (χ3n) is 2.63. The maximum atomic E-state index is 5.62. The van der Waals surface area contributed by atoms with Gasteiger partial charge in [-0.05, 0) is 29.8 Å². The van der Waals surface area contributed by atoms with Crippen LogP contribution >= 0.6 is 0 Å². The Bertz CT molecular complexity index is 454. The highest BCUT2D eigenvalue weighted by Crippen LogP contribution is 2.11. The Balaban J connectivity index is 1.72. The van der Waals surface area contributed by atoms with E-state index in [4.69, 9.17) is 10.5 Å². The molecule has 0 spiro atoms. The van der Waals surface area contributed by atoms with Crippen LogP contribution in [-0.2, 0) is 6.54 Å². The van der Waals surface area contributed by atoms with Gasteiger partial charge in [0.2, 0.25) is 0 Å². The van der Waals surface area contributed by atoms with Crippen LogP contribution < -0.4 is 15.8 Å². The Morgan fingerprint density at radius 1 is 0.944 bits per heavy atom. The fourth-order valence-electron chi connectivity index (χ4n) is 1.64. The topological polar surface area (TPSA) is 47.3 Å². The molecule has 3 N–H and O–H groups in total. The molecule has 0 unspecified atom stereocenters. The van der Waals surface area contributed by atoms with E-state index in [-0.39, 0.29) is 0 Å². The molecular weight excluding hydrogens is 224 g/mol. The molecule has 0 radical (unpaired) electrons. The van der Waals surface area contributed by atoms with E-state index in [0.29, 0.717) is 13.2 Å². The van der Waals surface area contributed by atoms with Gasteiger partial charge in [0.25, 0.3) is 0 Å². The zero-order valence-electron chi connectivity index (χ0n) is 10.3. The molecule has 3 nitrogen and oxygen atoms in total. The van der Waals surface area contributed by atoms with Crippen molar-refractivity contribution in [3.05, 3.63) is 60.2 Å². The molecule has 0 aliphatic heterocycles. The highest BCUT2D eigenvalue weighted by atomic mass is 16.5. The number of hydrogen-bond acceptors (Lipinski definition) is 3. The quantitative estimate of drug-likeness (QED) is 0.765. The lowest BCUT2D eigenvalue weighted by Gasteiger charge is -2.08. The van der Waals surface area contributed by atoms with Crippen LogP contribution in [-0.4, -0.2) is 13.2 Å². The van der Waals surface area contributed by atoms with E-state index in [0.717, 1.165) is 23.5 Å². The zero-order valence-corrected chi connectivity index (χ0v) is 10.3. The van der Waals surface area contributed by atoms with E-state index in [2.05, 4.69) is 5.32 Å². The zero-order chi connectivity index (χ0) is 12.6. The van der Waals surface area contributed by atoms with Crippen LogP contribution in [0.5, 0.6) is 5.75 Å². The van der Waals surface area contributed by atoms with Gasteiger partial charge < -0.3 is 15.8 Å². The molecule has 18 heavy (non-hydrogen) atoms. The first-order chi connectivity index (χ1) is 8.88. The summed E-state index contributed by atoms with van der Waals surface area (Å²) in [6.45, 7) is 1.98. The maximum absolute atomic E-state index is 5.62. The summed E-state index contributed by atoms with van der Waals surface area (Å²) >= 11 is 0. The van der Waals surface area contributed by atoms with Crippen molar-refractivity contribution in [3.63, 3.8) is 0 Å². The van der Waals surface area contributed by atoms with Crippen LogP contribution in [0.25, 0.3) is 0 Å². The Kier molecular flexibility index (Phi) is 4.61. The van der Waals surface area contributed by atoms with Crippen LogP contribution in [0, 0.1) is 0 Å². The largest absolute Gasteiger partial charge is 0.492 e. The monoisotopic (exact) mass is 242 g/mol. The number of nitrogens with two attached hydrogens (primary N) is 1. The number of nitrogens with one attached hydrogen (secondary N) is 1. The smallest absolute Gasteiger partial charge is 0.119 e. The van der Waals surface area contributed by atoms with E-state index in [1.165, 1.54) is 0 Å². The second-order valence-corrected chi connectivity index (χ2v) is 3.99. The number of hydrogen-bond donors (Lipinski definition) is 2. The molecule has 0 aliphatic carbocycles. The standard InChI is InChI=1S/C15H18N2O/c16-12-13-6-8-15(9-7-13)18-11-10-17-14-4-2-1-3-5-14/h1-9,17H,10-12,16H2. The average Bonchev–Trinajstić information content (AvgIpc) is 2.45. The summed E-state index contributed by atoms with van der Waals surface area (Å²) in [5, 5.41) is 3.29. The van der Waals surface area contributed by atoms with Gasteiger partial charge >= 0.3 is 0 Å². The van der Waals surface area contributed by atoms with Crippen LogP contribution in [0.3, 0.4) is 0 Å². The lowest BCUT2D eigenvalue weighted by Crippen LogP contribution is -2.11. The molecule has 94 valence electrons. The normalized spacial score (nSPS) is 10.1. The van der Waals surface area contributed by atoms with Gasteiger partial charge in [-0.25, -0.2) is 0 Å². The van der Waals surface area contributed by atoms with Crippen molar-refractivity contribution in [3.8, 4) is 5.75 Å². The molecule has 0 aromatic heterocycles. The molecule has 0 aliphatic rings. The third kappa shape index (κ3) is 3.79. The van der Waals surface area contributed by atoms with Crippen molar-refractivity contribution in [2.45, 2.75) is 6.54 Å². The number of anilines is 1. The van der Waals surface area contributed by atoms with E-state index < -0.39 is 0 Å². The first-order valence-electron chi connectivity index (χ1n) is 6.09. The SMILES string of the molecule is NCc1ccc(OCCNc2ccccc2)cc1. The maximum Gasteiger partial charge on any atom is 0.119 e. The van der Waals surface area contributed by atoms with Crippen LogP contribution in [0.2, 0.25) is 0 Å². The van der Waals surface area contributed by atoms with Crippen molar-refractivity contribution in [2.75, 3.05) is 18.5 Å². The predicted octanol–water partition coefficient (Wildman–Crippen LogP) is 2.64. The van der Waals surface area contributed by atoms with Gasteiger partial charge in [-0.3, -0.25) is 0 Å². The molecule has 0 amide bonds. The lowest BCUT2D eigenvalue weighted by molar-refractivity contribution is 0.333.